The minimum absolute atomic E-state index is 0.0337. The summed E-state index contributed by atoms with van der Waals surface area (Å²) < 4.78 is 38.0. The highest BCUT2D eigenvalue weighted by Crippen LogP contribution is 2.38. The lowest BCUT2D eigenvalue weighted by Crippen LogP contribution is -2.06. The number of hydrogen-bond donors (Lipinski definition) is 0. The first kappa shape index (κ1) is 11.5. The molecule has 0 unspecified atom stereocenters. The summed E-state index contributed by atoms with van der Waals surface area (Å²) in [6.45, 7) is 0. The Bertz CT molecular complexity index is 543. The van der Waals surface area contributed by atoms with Crippen molar-refractivity contribution >= 4 is 34.0 Å². The van der Waals surface area contributed by atoms with E-state index in [0.717, 1.165) is 0 Å². The molecule has 16 heavy (non-hydrogen) atoms. The molecule has 6 heteroatoms. The van der Waals surface area contributed by atoms with Crippen molar-refractivity contribution in [2.75, 3.05) is 0 Å². The Hall–Kier alpha value is -1.00. The molecule has 0 saturated heterocycles. The molecular formula is C10H4Cl2F3N. The van der Waals surface area contributed by atoms with Gasteiger partial charge in [-0.05, 0) is 6.07 Å². The molecule has 84 valence electrons. The Morgan fingerprint density at radius 1 is 1.12 bits per heavy atom. The molecule has 0 saturated carbocycles. The molecule has 0 amide bonds. The Kier molecular flexibility index (Phi) is 2.72. The fraction of sp³-hybridized carbons (Fsp3) is 0.100. The van der Waals surface area contributed by atoms with Crippen molar-refractivity contribution in [3.05, 3.63) is 40.1 Å². The van der Waals surface area contributed by atoms with Gasteiger partial charge in [0.2, 0.25) is 0 Å². The molecule has 0 spiro atoms. The first-order valence-electron chi connectivity index (χ1n) is 4.21. The lowest BCUT2D eigenvalue weighted by molar-refractivity contribution is -0.136. The van der Waals surface area contributed by atoms with Gasteiger partial charge in [-0.2, -0.15) is 13.2 Å². The van der Waals surface area contributed by atoms with Gasteiger partial charge in [0.15, 0.2) is 0 Å². The molecule has 1 aromatic carbocycles. The van der Waals surface area contributed by atoms with E-state index in [9.17, 15) is 13.2 Å². The quantitative estimate of drug-likeness (QED) is 0.637. The summed E-state index contributed by atoms with van der Waals surface area (Å²) in [6, 6.07) is 4.23. The highest BCUT2D eigenvalue weighted by atomic mass is 35.5. The summed E-state index contributed by atoms with van der Waals surface area (Å²) in [4.78, 5) is 3.50. The van der Waals surface area contributed by atoms with Gasteiger partial charge in [0.25, 0.3) is 0 Å². The number of halogens is 5. The molecule has 0 aliphatic rings. The van der Waals surface area contributed by atoms with Crippen molar-refractivity contribution in [2.45, 2.75) is 6.18 Å². The van der Waals surface area contributed by atoms with E-state index in [4.69, 9.17) is 23.2 Å². The Labute approximate surface area is 98.8 Å². The van der Waals surface area contributed by atoms with Gasteiger partial charge in [-0.25, -0.2) is 4.98 Å². The predicted molar refractivity (Wildman–Crippen MR) is 56.8 cm³/mol. The SMILES string of the molecule is FC(F)(F)c1cnc(Cl)c2c(Cl)cccc12. The summed E-state index contributed by atoms with van der Waals surface area (Å²) in [5, 5.41) is 0.204. The third-order valence-corrected chi connectivity index (χ3v) is 2.72. The maximum absolute atomic E-state index is 12.7. The Morgan fingerprint density at radius 2 is 1.81 bits per heavy atom. The van der Waals surface area contributed by atoms with Crippen LogP contribution in [-0.4, -0.2) is 4.98 Å². The second-order valence-corrected chi connectivity index (χ2v) is 3.89. The maximum atomic E-state index is 12.7. The van der Waals surface area contributed by atoms with Gasteiger partial charge in [-0.3, -0.25) is 0 Å². The fourth-order valence-corrected chi connectivity index (χ4v) is 2.00. The van der Waals surface area contributed by atoms with Crippen LogP contribution in [0.2, 0.25) is 10.2 Å². The van der Waals surface area contributed by atoms with Gasteiger partial charge in [-0.15, -0.1) is 0 Å². The molecule has 0 atom stereocenters. The molecule has 0 radical (unpaired) electrons. The molecule has 0 bridgehead atoms. The van der Waals surface area contributed by atoms with E-state index in [1.807, 2.05) is 0 Å². The van der Waals surface area contributed by atoms with Crippen molar-refractivity contribution < 1.29 is 13.2 Å². The number of pyridine rings is 1. The lowest BCUT2D eigenvalue weighted by Gasteiger charge is -2.11. The van der Waals surface area contributed by atoms with Gasteiger partial charge >= 0.3 is 6.18 Å². The van der Waals surface area contributed by atoms with E-state index < -0.39 is 11.7 Å². The van der Waals surface area contributed by atoms with E-state index >= 15 is 0 Å². The molecule has 0 aliphatic heterocycles. The second kappa shape index (κ2) is 3.79. The van der Waals surface area contributed by atoms with Gasteiger partial charge in [-0.1, -0.05) is 35.3 Å². The molecule has 1 heterocycles. The third-order valence-electron chi connectivity index (χ3n) is 2.12. The van der Waals surface area contributed by atoms with Crippen LogP contribution in [0.1, 0.15) is 5.56 Å². The van der Waals surface area contributed by atoms with Crippen molar-refractivity contribution in [1.82, 2.24) is 4.98 Å². The highest BCUT2D eigenvalue weighted by molar-refractivity contribution is 6.41. The molecule has 0 fully saturated rings. The average molecular weight is 266 g/mol. The van der Waals surface area contributed by atoms with Crippen LogP contribution in [-0.2, 0) is 6.18 Å². The minimum Gasteiger partial charge on any atom is -0.243 e. The first-order valence-corrected chi connectivity index (χ1v) is 4.97. The van der Waals surface area contributed by atoms with Crippen molar-refractivity contribution in [3.8, 4) is 0 Å². The number of benzene rings is 1. The summed E-state index contributed by atoms with van der Waals surface area (Å²) >= 11 is 11.5. The minimum atomic E-state index is -4.47. The normalized spacial score (nSPS) is 12.1. The summed E-state index contributed by atoms with van der Waals surface area (Å²) in [5.74, 6) is 0. The van der Waals surface area contributed by atoms with Crippen LogP contribution in [0.3, 0.4) is 0 Å². The standard InChI is InChI=1S/C10H4Cl2F3N/c11-7-3-1-2-5-6(10(13,14)15)4-16-9(12)8(5)7/h1-4H. The zero-order valence-corrected chi connectivity index (χ0v) is 9.16. The number of rotatable bonds is 0. The van der Waals surface area contributed by atoms with Gasteiger partial charge < -0.3 is 0 Å². The topological polar surface area (TPSA) is 12.9 Å². The molecule has 1 nitrogen and oxygen atoms in total. The lowest BCUT2D eigenvalue weighted by atomic mass is 10.1. The molecule has 1 aromatic heterocycles. The molecule has 2 aromatic rings. The van der Waals surface area contributed by atoms with Crippen molar-refractivity contribution in [1.29, 1.82) is 0 Å². The van der Waals surface area contributed by atoms with Gasteiger partial charge in [0.05, 0.1) is 10.6 Å². The Balaban J connectivity index is 2.90. The first-order chi connectivity index (χ1) is 7.41. The van der Waals surface area contributed by atoms with Crippen LogP contribution in [0.5, 0.6) is 0 Å². The third kappa shape index (κ3) is 1.83. The van der Waals surface area contributed by atoms with Crippen LogP contribution >= 0.6 is 23.2 Å². The fourth-order valence-electron chi connectivity index (χ4n) is 1.44. The van der Waals surface area contributed by atoms with Crippen LogP contribution < -0.4 is 0 Å². The van der Waals surface area contributed by atoms with Crippen LogP contribution in [0.4, 0.5) is 13.2 Å². The average Bonchev–Trinajstić information content (AvgIpc) is 2.16. The Morgan fingerprint density at radius 3 is 2.44 bits per heavy atom. The van der Waals surface area contributed by atoms with E-state index in [1.165, 1.54) is 18.2 Å². The van der Waals surface area contributed by atoms with Crippen LogP contribution in [0.25, 0.3) is 10.8 Å². The van der Waals surface area contributed by atoms with Gasteiger partial charge in [0, 0.05) is 17.0 Å². The van der Waals surface area contributed by atoms with Crippen LogP contribution in [0.15, 0.2) is 24.4 Å². The second-order valence-electron chi connectivity index (χ2n) is 3.12. The summed E-state index contributed by atoms with van der Waals surface area (Å²) in [7, 11) is 0. The number of alkyl halides is 3. The largest absolute Gasteiger partial charge is 0.418 e. The smallest absolute Gasteiger partial charge is 0.243 e. The number of aromatic nitrogens is 1. The van der Waals surface area contributed by atoms with Gasteiger partial charge in [0.1, 0.15) is 5.15 Å². The molecule has 2 rings (SSSR count). The van der Waals surface area contributed by atoms with E-state index in [-0.39, 0.29) is 20.9 Å². The molecule has 0 aliphatic carbocycles. The predicted octanol–water partition coefficient (Wildman–Crippen LogP) is 4.56. The molecular weight excluding hydrogens is 262 g/mol. The zero-order valence-electron chi connectivity index (χ0n) is 7.65. The highest BCUT2D eigenvalue weighted by Gasteiger charge is 2.33. The summed E-state index contributed by atoms with van der Waals surface area (Å²) in [6.07, 6.45) is -3.76. The summed E-state index contributed by atoms with van der Waals surface area (Å²) in [5.41, 5.74) is -0.839. The van der Waals surface area contributed by atoms with E-state index in [1.54, 1.807) is 0 Å². The van der Waals surface area contributed by atoms with Crippen molar-refractivity contribution in [2.24, 2.45) is 0 Å². The van der Waals surface area contributed by atoms with E-state index in [0.29, 0.717) is 6.20 Å². The number of nitrogens with zero attached hydrogens (tertiary/aromatic N) is 1. The molecule has 0 N–H and O–H groups in total. The van der Waals surface area contributed by atoms with E-state index in [2.05, 4.69) is 4.98 Å². The maximum Gasteiger partial charge on any atom is 0.418 e. The van der Waals surface area contributed by atoms with Crippen LogP contribution in [0, 0.1) is 0 Å². The monoisotopic (exact) mass is 265 g/mol. The number of hydrogen-bond acceptors (Lipinski definition) is 1. The number of fused-ring (bicyclic) bond motifs is 1. The zero-order chi connectivity index (χ0) is 11.9. The van der Waals surface area contributed by atoms with Crippen molar-refractivity contribution in [3.63, 3.8) is 0 Å².